The van der Waals surface area contributed by atoms with Crippen molar-refractivity contribution in [2.75, 3.05) is 6.61 Å². The van der Waals surface area contributed by atoms with Crippen LogP contribution in [0.25, 0.3) is 11.1 Å². The summed E-state index contributed by atoms with van der Waals surface area (Å²) < 4.78 is 10.3. The molecule has 1 unspecified atom stereocenters. The van der Waals surface area contributed by atoms with E-state index in [0.29, 0.717) is 0 Å². The minimum atomic E-state index is -1.15. The van der Waals surface area contributed by atoms with Gasteiger partial charge < -0.3 is 9.47 Å². The Morgan fingerprint density at radius 3 is 2.17 bits per heavy atom. The lowest BCUT2D eigenvalue weighted by Gasteiger charge is -2.15. The Bertz CT molecular complexity index is 776. The number of ether oxygens (including phenoxy) is 2. The maximum Gasteiger partial charge on any atom is 0.355 e. The van der Waals surface area contributed by atoms with Crippen LogP contribution < -0.4 is 0 Å². The van der Waals surface area contributed by atoms with Crippen molar-refractivity contribution in [2.45, 2.75) is 12.0 Å². The van der Waals surface area contributed by atoms with Gasteiger partial charge in [-0.05, 0) is 22.3 Å². The molecule has 4 heteroatoms. The van der Waals surface area contributed by atoms with Gasteiger partial charge in [0.25, 0.3) is 6.10 Å². The zero-order valence-electron chi connectivity index (χ0n) is 12.3. The van der Waals surface area contributed by atoms with Crippen LogP contribution in [0.1, 0.15) is 17.0 Å². The molecule has 4 nitrogen and oxygen atoms in total. The Hall–Kier alpha value is -2.88. The molecule has 1 heterocycles. The van der Waals surface area contributed by atoms with Gasteiger partial charge in [0, 0.05) is 12.0 Å². The van der Waals surface area contributed by atoms with E-state index in [0.717, 1.165) is 11.1 Å². The molecule has 0 bridgehead atoms. The van der Waals surface area contributed by atoms with Crippen molar-refractivity contribution in [3.63, 3.8) is 0 Å². The number of fused-ring (bicyclic) bond motifs is 3. The largest absolute Gasteiger partial charge is 0.478 e. The van der Waals surface area contributed by atoms with Crippen LogP contribution in [0.4, 0.5) is 0 Å². The van der Waals surface area contributed by atoms with E-state index >= 15 is 0 Å². The first-order valence-corrected chi connectivity index (χ1v) is 7.46. The van der Waals surface area contributed by atoms with Crippen LogP contribution in [0.15, 0.2) is 60.9 Å². The van der Waals surface area contributed by atoms with Crippen LogP contribution in [0.3, 0.4) is 0 Å². The fourth-order valence-electron chi connectivity index (χ4n) is 3.19. The van der Waals surface area contributed by atoms with Gasteiger partial charge in [0.15, 0.2) is 0 Å². The zero-order chi connectivity index (χ0) is 15.8. The van der Waals surface area contributed by atoms with E-state index in [1.54, 1.807) is 0 Å². The number of benzene rings is 2. The molecular weight excluding hydrogens is 292 g/mol. The first-order valence-electron chi connectivity index (χ1n) is 7.46. The minimum Gasteiger partial charge on any atom is -0.478 e. The van der Waals surface area contributed by atoms with Gasteiger partial charge in [-0.25, -0.2) is 4.79 Å². The second-order valence-electron chi connectivity index (χ2n) is 5.58. The van der Waals surface area contributed by atoms with Crippen molar-refractivity contribution in [1.29, 1.82) is 0 Å². The summed E-state index contributed by atoms with van der Waals surface area (Å²) in [6, 6.07) is 16.2. The van der Waals surface area contributed by atoms with E-state index in [-0.39, 0.29) is 18.3 Å². The molecule has 0 N–H and O–H groups in total. The smallest absolute Gasteiger partial charge is 0.355 e. The highest BCUT2D eigenvalue weighted by Gasteiger charge is 2.34. The quantitative estimate of drug-likeness (QED) is 0.646. The van der Waals surface area contributed by atoms with E-state index < -0.39 is 12.1 Å². The molecule has 23 heavy (non-hydrogen) atoms. The van der Waals surface area contributed by atoms with Crippen molar-refractivity contribution < 1.29 is 19.1 Å². The standard InChI is InChI=1S/C19H14O4/c20-17-9-10-22-18(17)19(21)23-11-16-14-7-3-1-5-12(14)13-6-2-4-8-15(13)16/h1-10,16,18H,11H2. The summed E-state index contributed by atoms with van der Waals surface area (Å²) in [5, 5.41) is 0. The van der Waals surface area contributed by atoms with E-state index in [2.05, 4.69) is 12.1 Å². The number of rotatable bonds is 3. The lowest BCUT2D eigenvalue weighted by molar-refractivity contribution is -0.155. The van der Waals surface area contributed by atoms with E-state index in [4.69, 9.17) is 9.47 Å². The van der Waals surface area contributed by atoms with Crippen molar-refractivity contribution in [3.05, 3.63) is 72.0 Å². The van der Waals surface area contributed by atoms with Crippen LogP contribution >= 0.6 is 0 Å². The fraction of sp³-hybridized carbons (Fsp3) is 0.158. The third kappa shape index (κ3) is 2.23. The summed E-state index contributed by atoms with van der Waals surface area (Å²) in [4.78, 5) is 23.5. The predicted molar refractivity (Wildman–Crippen MR) is 83.7 cm³/mol. The molecule has 2 aliphatic rings. The molecule has 0 fully saturated rings. The maximum absolute atomic E-state index is 12.0. The molecule has 0 saturated carbocycles. The Morgan fingerprint density at radius 2 is 1.61 bits per heavy atom. The number of carbonyl (C=O) groups is 2. The highest BCUT2D eigenvalue weighted by Crippen LogP contribution is 2.44. The van der Waals surface area contributed by atoms with Crippen molar-refractivity contribution >= 4 is 11.8 Å². The molecule has 0 aromatic heterocycles. The number of carbonyl (C=O) groups excluding carboxylic acids is 2. The van der Waals surface area contributed by atoms with Gasteiger partial charge in [-0.3, -0.25) is 4.79 Å². The van der Waals surface area contributed by atoms with E-state index in [1.165, 1.54) is 23.5 Å². The van der Waals surface area contributed by atoms with E-state index in [1.807, 2.05) is 36.4 Å². The van der Waals surface area contributed by atoms with Gasteiger partial charge in [0.2, 0.25) is 5.78 Å². The van der Waals surface area contributed by atoms with Crippen LogP contribution in [0.2, 0.25) is 0 Å². The van der Waals surface area contributed by atoms with Gasteiger partial charge >= 0.3 is 5.97 Å². The van der Waals surface area contributed by atoms with Gasteiger partial charge in [0.1, 0.15) is 6.61 Å². The van der Waals surface area contributed by atoms with Crippen LogP contribution in [0.5, 0.6) is 0 Å². The minimum absolute atomic E-state index is 0.0178. The average Bonchev–Trinajstić information content (AvgIpc) is 3.14. The molecule has 1 aliphatic carbocycles. The Kier molecular flexibility index (Phi) is 3.23. The molecule has 0 radical (unpaired) electrons. The topological polar surface area (TPSA) is 52.6 Å². The molecule has 0 spiro atoms. The van der Waals surface area contributed by atoms with Crippen LogP contribution in [-0.2, 0) is 19.1 Å². The second-order valence-corrected chi connectivity index (χ2v) is 5.58. The van der Waals surface area contributed by atoms with Crippen molar-refractivity contribution in [3.8, 4) is 11.1 Å². The van der Waals surface area contributed by atoms with Gasteiger partial charge in [0.05, 0.1) is 6.26 Å². The zero-order valence-corrected chi connectivity index (χ0v) is 12.3. The number of ketones is 1. The Labute approximate surface area is 133 Å². The SMILES string of the molecule is O=C1C=COC1C(=O)OCC1c2ccccc2-c2ccccc21. The Morgan fingerprint density at radius 1 is 1.00 bits per heavy atom. The van der Waals surface area contributed by atoms with Crippen LogP contribution in [-0.4, -0.2) is 24.5 Å². The maximum atomic E-state index is 12.0. The highest BCUT2D eigenvalue weighted by atomic mass is 16.6. The number of hydrogen-bond acceptors (Lipinski definition) is 4. The molecular formula is C19H14O4. The first-order chi connectivity index (χ1) is 11.3. The summed E-state index contributed by atoms with van der Waals surface area (Å²) >= 11 is 0. The lowest BCUT2D eigenvalue weighted by atomic mass is 9.98. The molecule has 4 rings (SSSR count). The van der Waals surface area contributed by atoms with Crippen LogP contribution in [0, 0.1) is 0 Å². The van der Waals surface area contributed by atoms with Gasteiger partial charge in [-0.2, -0.15) is 0 Å². The normalized spacial score (nSPS) is 18.4. The lowest BCUT2D eigenvalue weighted by Crippen LogP contribution is -2.30. The second kappa shape index (κ2) is 5.39. The predicted octanol–water partition coefficient (Wildman–Crippen LogP) is 2.82. The Balaban J connectivity index is 1.57. The fourth-order valence-corrected chi connectivity index (χ4v) is 3.19. The summed E-state index contributed by atoms with van der Waals surface area (Å²) in [7, 11) is 0. The average molecular weight is 306 g/mol. The highest BCUT2D eigenvalue weighted by molar-refractivity contribution is 6.09. The summed E-state index contributed by atoms with van der Waals surface area (Å²) in [5.74, 6) is -1.03. The van der Waals surface area contributed by atoms with Crippen molar-refractivity contribution in [1.82, 2.24) is 0 Å². The molecule has 0 saturated heterocycles. The molecule has 1 atom stereocenters. The van der Waals surface area contributed by atoms with Gasteiger partial charge in [-0.1, -0.05) is 48.5 Å². The summed E-state index contributed by atoms with van der Waals surface area (Å²) in [6.07, 6.45) is 1.32. The summed E-state index contributed by atoms with van der Waals surface area (Å²) in [6.45, 7) is 0.194. The molecule has 1 aliphatic heterocycles. The molecule has 114 valence electrons. The summed E-state index contributed by atoms with van der Waals surface area (Å²) in [5.41, 5.74) is 4.61. The number of esters is 1. The molecule has 0 amide bonds. The first kappa shape index (κ1) is 13.8. The number of hydrogen-bond donors (Lipinski definition) is 0. The monoisotopic (exact) mass is 306 g/mol. The third-order valence-corrected chi connectivity index (χ3v) is 4.27. The molecule has 2 aromatic carbocycles. The van der Waals surface area contributed by atoms with E-state index in [9.17, 15) is 9.59 Å². The van der Waals surface area contributed by atoms with Gasteiger partial charge in [-0.15, -0.1) is 0 Å². The molecule has 2 aromatic rings. The third-order valence-electron chi connectivity index (χ3n) is 4.27. The van der Waals surface area contributed by atoms with Crippen molar-refractivity contribution in [2.24, 2.45) is 0 Å².